The fraction of sp³-hybridized carbons (Fsp3) is 0.667. The van der Waals surface area contributed by atoms with Crippen molar-refractivity contribution in [3.8, 4) is 0 Å². The molecule has 2 fully saturated rings. The first kappa shape index (κ1) is 11.8. The van der Waals surface area contributed by atoms with Crippen molar-refractivity contribution in [1.29, 1.82) is 0 Å². The van der Waals surface area contributed by atoms with Crippen molar-refractivity contribution in [3.63, 3.8) is 0 Å². The van der Waals surface area contributed by atoms with Crippen molar-refractivity contribution in [2.24, 2.45) is 22.7 Å². The summed E-state index contributed by atoms with van der Waals surface area (Å²) >= 11 is 0. The molecule has 3 aliphatic rings. The number of carbonyl (C=O) groups is 3. The second kappa shape index (κ2) is 3.01. The molecule has 96 valence electrons. The first-order chi connectivity index (χ1) is 8.25. The van der Waals surface area contributed by atoms with Gasteiger partial charge in [0.05, 0.1) is 0 Å². The number of Topliss-reactive ketones (excluding diaryl/α,β-unsaturated/α-hetero) is 3. The molecule has 0 saturated heterocycles. The van der Waals surface area contributed by atoms with Crippen LogP contribution in [0.1, 0.15) is 40.5 Å². The van der Waals surface area contributed by atoms with Gasteiger partial charge >= 0.3 is 0 Å². The third kappa shape index (κ3) is 0.930. The van der Waals surface area contributed by atoms with Crippen LogP contribution in [0.4, 0.5) is 0 Å². The molecule has 3 rings (SSSR count). The molecule has 3 aliphatic carbocycles. The Morgan fingerprint density at radius 3 is 2.39 bits per heavy atom. The average Bonchev–Trinajstić information content (AvgIpc) is 2.60. The van der Waals surface area contributed by atoms with E-state index in [1.54, 1.807) is 6.92 Å². The Balaban J connectivity index is 2.36. The molecule has 0 aromatic carbocycles. The third-order valence-electron chi connectivity index (χ3n) is 5.89. The molecule has 3 atom stereocenters. The predicted molar refractivity (Wildman–Crippen MR) is 65.8 cm³/mol. The number of rotatable bonds is 0. The van der Waals surface area contributed by atoms with Crippen LogP contribution in [0.15, 0.2) is 11.1 Å². The van der Waals surface area contributed by atoms with Crippen LogP contribution in [0.5, 0.6) is 0 Å². The van der Waals surface area contributed by atoms with Gasteiger partial charge in [0.1, 0.15) is 5.78 Å². The molecule has 2 bridgehead atoms. The summed E-state index contributed by atoms with van der Waals surface area (Å²) in [6.07, 6.45) is 0.691. The number of carbonyl (C=O) groups excluding carboxylic acids is 3. The molecule has 2 saturated carbocycles. The first-order valence-electron chi connectivity index (χ1n) is 6.56. The van der Waals surface area contributed by atoms with Crippen LogP contribution < -0.4 is 0 Å². The maximum Gasteiger partial charge on any atom is 0.163 e. The quantitative estimate of drug-likeness (QED) is 0.657. The summed E-state index contributed by atoms with van der Waals surface area (Å²) in [5.41, 5.74) is 0.490. The molecular weight excluding hydrogens is 228 g/mol. The van der Waals surface area contributed by atoms with Gasteiger partial charge in [-0.25, -0.2) is 0 Å². The third-order valence-corrected chi connectivity index (χ3v) is 5.89. The zero-order chi connectivity index (χ0) is 13.5. The SMILES string of the molecule is CC1=C2C(=O)[C@H]3CC(=O)[C@@H](C)[C@]2(CC1=O)C3(C)C. The van der Waals surface area contributed by atoms with Crippen LogP contribution in [0, 0.1) is 22.7 Å². The highest BCUT2D eigenvalue weighted by Crippen LogP contribution is 2.69. The lowest BCUT2D eigenvalue weighted by Crippen LogP contribution is -2.49. The van der Waals surface area contributed by atoms with Crippen molar-refractivity contribution in [2.75, 3.05) is 0 Å². The van der Waals surface area contributed by atoms with Gasteiger partial charge in [-0.05, 0) is 17.9 Å². The lowest BCUT2D eigenvalue weighted by atomic mass is 9.52. The molecule has 3 heteroatoms. The largest absolute Gasteiger partial charge is 0.299 e. The zero-order valence-corrected chi connectivity index (χ0v) is 11.3. The van der Waals surface area contributed by atoms with E-state index in [0.29, 0.717) is 24.0 Å². The van der Waals surface area contributed by atoms with E-state index in [1.165, 1.54) is 0 Å². The smallest absolute Gasteiger partial charge is 0.163 e. The number of hydrogen-bond donors (Lipinski definition) is 0. The first-order valence-corrected chi connectivity index (χ1v) is 6.56. The maximum atomic E-state index is 12.6. The Morgan fingerprint density at radius 2 is 1.78 bits per heavy atom. The Bertz CT molecular complexity index is 538. The van der Waals surface area contributed by atoms with E-state index in [2.05, 4.69) is 13.8 Å². The topological polar surface area (TPSA) is 51.2 Å². The van der Waals surface area contributed by atoms with Crippen LogP contribution in [-0.2, 0) is 14.4 Å². The summed E-state index contributed by atoms with van der Waals surface area (Å²) < 4.78 is 0. The van der Waals surface area contributed by atoms with Gasteiger partial charge in [0, 0.05) is 35.7 Å². The highest BCUT2D eigenvalue weighted by atomic mass is 16.1. The van der Waals surface area contributed by atoms with Crippen LogP contribution in [0.2, 0.25) is 0 Å². The van der Waals surface area contributed by atoms with E-state index in [9.17, 15) is 14.4 Å². The lowest BCUT2D eigenvalue weighted by Gasteiger charge is -2.48. The summed E-state index contributed by atoms with van der Waals surface area (Å²) in [6, 6.07) is 0. The summed E-state index contributed by atoms with van der Waals surface area (Å²) in [5.74, 6) is -0.191. The summed E-state index contributed by atoms with van der Waals surface area (Å²) in [5, 5.41) is 0. The molecule has 0 amide bonds. The standard InChI is InChI=1S/C15H18O3/c1-7-11(17)6-15-8(2)10(16)5-9(14(15,3)4)13(18)12(7)15/h8-9H,5-6H2,1-4H3/t8-,9-,15+/m1/s1. The zero-order valence-electron chi connectivity index (χ0n) is 11.3. The number of allylic oxidation sites excluding steroid dienone is 2. The van der Waals surface area contributed by atoms with Crippen LogP contribution in [0.25, 0.3) is 0 Å². The van der Waals surface area contributed by atoms with E-state index in [0.717, 1.165) is 0 Å². The second-order valence-corrected chi connectivity index (χ2v) is 6.60. The van der Waals surface area contributed by atoms with E-state index in [-0.39, 0.29) is 34.6 Å². The molecule has 0 aromatic rings. The monoisotopic (exact) mass is 246 g/mol. The fourth-order valence-corrected chi connectivity index (χ4v) is 4.64. The van der Waals surface area contributed by atoms with Gasteiger partial charge in [-0.15, -0.1) is 0 Å². The lowest BCUT2D eigenvalue weighted by molar-refractivity contribution is -0.141. The minimum atomic E-state index is -0.523. The molecule has 0 unspecified atom stereocenters. The highest BCUT2D eigenvalue weighted by molar-refractivity contribution is 6.17. The van der Waals surface area contributed by atoms with Crippen molar-refractivity contribution < 1.29 is 14.4 Å². The Hall–Kier alpha value is -1.25. The molecule has 0 radical (unpaired) electrons. The van der Waals surface area contributed by atoms with Gasteiger partial charge < -0.3 is 0 Å². The van der Waals surface area contributed by atoms with E-state index < -0.39 is 5.41 Å². The number of ketones is 3. The minimum absolute atomic E-state index is 0.0476. The molecule has 0 aliphatic heterocycles. The summed E-state index contributed by atoms with van der Waals surface area (Å²) in [4.78, 5) is 36.8. The number of fused-ring (bicyclic) bond motifs is 1. The van der Waals surface area contributed by atoms with Gasteiger partial charge in [-0.1, -0.05) is 20.8 Å². The van der Waals surface area contributed by atoms with Crippen molar-refractivity contribution in [1.82, 2.24) is 0 Å². The molecule has 0 aromatic heterocycles. The van der Waals surface area contributed by atoms with Crippen LogP contribution in [-0.4, -0.2) is 17.3 Å². The van der Waals surface area contributed by atoms with Gasteiger partial charge in [0.15, 0.2) is 11.6 Å². The Morgan fingerprint density at radius 1 is 1.17 bits per heavy atom. The molecule has 0 heterocycles. The normalized spacial score (nSPS) is 41.7. The van der Waals surface area contributed by atoms with Crippen molar-refractivity contribution >= 4 is 17.3 Å². The predicted octanol–water partition coefficient (Wildman–Crippen LogP) is 2.10. The summed E-state index contributed by atoms with van der Waals surface area (Å²) in [7, 11) is 0. The molecule has 18 heavy (non-hydrogen) atoms. The Kier molecular flexibility index (Phi) is 1.98. The van der Waals surface area contributed by atoms with Crippen LogP contribution >= 0.6 is 0 Å². The fourth-order valence-electron chi connectivity index (χ4n) is 4.64. The van der Waals surface area contributed by atoms with Gasteiger partial charge in [0.2, 0.25) is 0 Å². The van der Waals surface area contributed by atoms with E-state index in [4.69, 9.17) is 0 Å². The van der Waals surface area contributed by atoms with E-state index >= 15 is 0 Å². The molecule has 1 spiro atoms. The summed E-state index contributed by atoms with van der Waals surface area (Å²) in [6.45, 7) is 7.75. The van der Waals surface area contributed by atoms with Crippen LogP contribution in [0.3, 0.4) is 0 Å². The van der Waals surface area contributed by atoms with Gasteiger partial charge in [0.25, 0.3) is 0 Å². The average molecular weight is 246 g/mol. The van der Waals surface area contributed by atoms with Gasteiger partial charge in [-0.3, -0.25) is 14.4 Å². The van der Waals surface area contributed by atoms with Crippen molar-refractivity contribution in [3.05, 3.63) is 11.1 Å². The second-order valence-electron chi connectivity index (χ2n) is 6.60. The molecule has 3 nitrogen and oxygen atoms in total. The molecule has 0 N–H and O–H groups in total. The minimum Gasteiger partial charge on any atom is -0.299 e. The van der Waals surface area contributed by atoms with Crippen molar-refractivity contribution in [2.45, 2.75) is 40.5 Å². The maximum absolute atomic E-state index is 12.6. The highest BCUT2D eigenvalue weighted by Gasteiger charge is 2.71. The molecular formula is C15H18O3. The van der Waals surface area contributed by atoms with E-state index in [1.807, 2.05) is 6.92 Å². The van der Waals surface area contributed by atoms with Gasteiger partial charge in [-0.2, -0.15) is 0 Å². The Labute approximate surface area is 107 Å². The number of hydrogen-bond acceptors (Lipinski definition) is 3.